The lowest BCUT2D eigenvalue weighted by Gasteiger charge is -2.18. The van der Waals surface area contributed by atoms with Crippen molar-refractivity contribution in [2.45, 2.75) is 93.4 Å². The Morgan fingerprint density at radius 2 is 1.07 bits per heavy atom. The minimum absolute atomic E-state index is 1.09. The van der Waals surface area contributed by atoms with Gasteiger partial charge in [0, 0.05) is 0 Å². The molecule has 0 heterocycles. The predicted octanol–water partition coefficient (Wildman–Crippen LogP) is 6.45. The van der Waals surface area contributed by atoms with E-state index in [1.165, 1.54) is 44.9 Å². The largest absolute Gasteiger partial charge is 0.0683 e. The van der Waals surface area contributed by atoms with E-state index in [-0.39, 0.29) is 0 Å². The van der Waals surface area contributed by atoms with Crippen LogP contribution in [-0.2, 0) is 0 Å². The molecule has 1 aliphatic carbocycles. The molecule has 1 saturated carbocycles. The second-order valence-electron chi connectivity index (χ2n) is 3.62. The van der Waals surface area contributed by atoms with Gasteiger partial charge >= 0.3 is 0 Å². The van der Waals surface area contributed by atoms with Crippen molar-refractivity contribution in [3.8, 4) is 0 Å². The average molecular weight is 216 g/mol. The van der Waals surface area contributed by atoms with Crippen LogP contribution in [0.2, 0.25) is 0 Å². The highest BCUT2D eigenvalue weighted by Gasteiger charge is 2.09. The van der Waals surface area contributed by atoms with Crippen LogP contribution in [0.15, 0.2) is 0 Å². The zero-order valence-electron chi connectivity index (χ0n) is 12.5. The summed E-state index contributed by atoms with van der Waals surface area (Å²) in [5.41, 5.74) is 0. The van der Waals surface area contributed by atoms with Crippen LogP contribution in [-0.4, -0.2) is 0 Å². The zero-order chi connectivity index (χ0) is 12.5. The van der Waals surface area contributed by atoms with E-state index in [1.54, 1.807) is 0 Å². The first-order valence-electron chi connectivity index (χ1n) is 7.35. The van der Waals surface area contributed by atoms with Crippen LogP contribution < -0.4 is 0 Å². The molecule has 0 aliphatic heterocycles. The van der Waals surface area contributed by atoms with E-state index in [9.17, 15) is 0 Å². The molecule has 0 saturated heterocycles. The lowest BCUT2D eigenvalue weighted by atomic mass is 9.88. The quantitative estimate of drug-likeness (QED) is 0.473. The van der Waals surface area contributed by atoms with Crippen LogP contribution >= 0.6 is 0 Å². The van der Waals surface area contributed by atoms with E-state index in [0.717, 1.165) is 5.92 Å². The van der Waals surface area contributed by atoms with Gasteiger partial charge in [0.2, 0.25) is 0 Å². The highest BCUT2D eigenvalue weighted by atomic mass is 14.2. The maximum Gasteiger partial charge on any atom is -0.0417 e. The van der Waals surface area contributed by atoms with Gasteiger partial charge < -0.3 is 0 Å². The first kappa shape index (κ1) is 20.4. The number of rotatable bonds is 1. The summed E-state index contributed by atoms with van der Waals surface area (Å²) < 4.78 is 0. The molecule has 0 radical (unpaired) electrons. The zero-order valence-corrected chi connectivity index (χ0v) is 12.5. The van der Waals surface area contributed by atoms with E-state index >= 15 is 0 Å². The molecule has 0 heteroatoms. The third-order valence-corrected chi connectivity index (χ3v) is 2.30. The third-order valence-electron chi connectivity index (χ3n) is 2.30. The normalized spacial score (nSPS) is 14.6. The van der Waals surface area contributed by atoms with Crippen LogP contribution in [0, 0.1) is 5.92 Å². The molecular formula is C15H36. The fraction of sp³-hybridized carbons (Fsp3) is 1.00. The fourth-order valence-electron chi connectivity index (χ4n) is 1.60. The van der Waals surface area contributed by atoms with Crippen LogP contribution in [0.3, 0.4) is 0 Å². The summed E-state index contributed by atoms with van der Waals surface area (Å²) in [5, 5.41) is 0. The second-order valence-corrected chi connectivity index (χ2v) is 3.62. The Bertz CT molecular complexity index is 60.4. The summed E-state index contributed by atoms with van der Waals surface area (Å²) in [6.07, 6.45) is 10.2. The Kier molecular flexibility index (Phi) is 32.2. The van der Waals surface area contributed by atoms with Crippen molar-refractivity contribution in [2.75, 3.05) is 0 Å². The molecule has 96 valence electrons. The van der Waals surface area contributed by atoms with Gasteiger partial charge in [-0.1, -0.05) is 93.4 Å². The van der Waals surface area contributed by atoms with Gasteiger partial charge in [-0.25, -0.2) is 0 Å². The molecular weight excluding hydrogens is 180 g/mol. The van der Waals surface area contributed by atoms with Gasteiger partial charge in [0.05, 0.1) is 0 Å². The van der Waals surface area contributed by atoms with Crippen molar-refractivity contribution in [1.29, 1.82) is 0 Å². The number of hydrogen-bond acceptors (Lipinski definition) is 0. The Labute approximate surface area is 99.9 Å². The van der Waals surface area contributed by atoms with Crippen LogP contribution in [0.5, 0.6) is 0 Å². The topological polar surface area (TPSA) is 0 Å². The molecule has 1 fully saturated rings. The minimum atomic E-state index is 1.09. The van der Waals surface area contributed by atoms with Crippen molar-refractivity contribution in [1.82, 2.24) is 0 Å². The summed E-state index contributed by atoms with van der Waals surface area (Å²) in [6, 6.07) is 0. The van der Waals surface area contributed by atoms with Gasteiger partial charge in [0.25, 0.3) is 0 Å². The summed E-state index contributed by atoms with van der Waals surface area (Å²) in [5.74, 6) is 1.09. The maximum absolute atomic E-state index is 2.32. The average Bonchev–Trinajstić information content (AvgIpc) is 2.36. The number of hydrogen-bond donors (Lipinski definition) is 0. The molecule has 0 spiro atoms. The van der Waals surface area contributed by atoms with Crippen molar-refractivity contribution in [2.24, 2.45) is 5.92 Å². The van der Waals surface area contributed by atoms with Crippen LogP contribution in [0.1, 0.15) is 93.4 Å². The second kappa shape index (κ2) is 23.7. The first-order valence-corrected chi connectivity index (χ1v) is 7.35. The molecule has 0 N–H and O–H groups in total. The summed E-state index contributed by atoms with van der Waals surface area (Å²) >= 11 is 0. The monoisotopic (exact) mass is 216 g/mol. The lowest BCUT2D eigenvalue weighted by molar-refractivity contribution is 0.349. The highest BCUT2D eigenvalue weighted by Crippen LogP contribution is 2.25. The van der Waals surface area contributed by atoms with E-state index in [2.05, 4.69) is 20.8 Å². The SMILES string of the molecule is CC.CC.CCC.CCC1CCCCC1. The standard InChI is InChI=1S/C8H16.C3H8.2C2H6/c1-2-8-6-4-3-5-7-8;1-3-2;2*1-2/h8H,2-7H2,1H3;3H2,1-2H3;2*1-2H3. The molecule has 0 aromatic rings. The van der Waals surface area contributed by atoms with Crippen molar-refractivity contribution < 1.29 is 0 Å². The van der Waals surface area contributed by atoms with Crippen molar-refractivity contribution >= 4 is 0 Å². The molecule has 0 bridgehead atoms. The first-order chi connectivity index (χ1) is 7.35. The van der Waals surface area contributed by atoms with E-state index in [4.69, 9.17) is 0 Å². The van der Waals surface area contributed by atoms with Gasteiger partial charge in [-0.15, -0.1) is 0 Å². The minimum Gasteiger partial charge on any atom is -0.0683 e. The van der Waals surface area contributed by atoms with Crippen molar-refractivity contribution in [3.05, 3.63) is 0 Å². The molecule has 0 atom stereocenters. The highest BCUT2D eigenvalue weighted by molar-refractivity contribution is 4.63. The summed E-state index contributed by atoms with van der Waals surface area (Å²) in [6.45, 7) is 14.6. The Balaban J connectivity index is -0.000000176. The Morgan fingerprint density at radius 1 is 0.733 bits per heavy atom. The Morgan fingerprint density at radius 3 is 1.27 bits per heavy atom. The molecule has 0 nitrogen and oxygen atoms in total. The van der Waals surface area contributed by atoms with E-state index < -0.39 is 0 Å². The molecule has 0 unspecified atom stereocenters. The molecule has 0 aromatic heterocycles. The Hall–Kier alpha value is 0. The van der Waals surface area contributed by atoms with Gasteiger partial charge in [0.1, 0.15) is 0 Å². The maximum atomic E-state index is 2.32. The van der Waals surface area contributed by atoms with Crippen LogP contribution in [0.25, 0.3) is 0 Å². The van der Waals surface area contributed by atoms with E-state index in [0.29, 0.717) is 0 Å². The lowest BCUT2D eigenvalue weighted by Crippen LogP contribution is -2.03. The summed E-state index contributed by atoms with van der Waals surface area (Å²) in [7, 11) is 0. The van der Waals surface area contributed by atoms with Crippen molar-refractivity contribution in [3.63, 3.8) is 0 Å². The van der Waals surface area contributed by atoms with Gasteiger partial charge in [-0.3, -0.25) is 0 Å². The molecule has 0 aromatic carbocycles. The smallest absolute Gasteiger partial charge is 0.0417 e. The van der Waals surface area contributed by atoms with Gasteiger partial charge in [0.15, 0.2) is 0 Å². The van der Waals surface area contributed by atoms with Gasteiger partial charge in [-0.2, -0.15) is 0 Å². The van der Waals surface area contributed by atoms with E-state index in [1.807, 2.05) is 27.7 Å². The molecule has 0 amide bonds. The third kappa shape index (κ3) is 20.2. The molecule has 1 rings (SSSR count). The van der Waals surface area contributed by atoms with Crippen LogP contribution in [0.4, 0.5) is 0 Å². The predicted molar refractivity (Wildman–Crippen MR) is 75.5 cm³/mol. The summed E-state index contributed by atoms with van der Waals surface area (Å²) in [4.78, 5) is 0. The fourth-order valence-corrected chi connectivity index (χ4v) is 1.60. The molecule has 15 heavy (non-hydrogen) atoms. The van der Waals surface area contributed by atoms with Gasteiger partial charge in [-0.05, 0) is 5.92 Å². The molecule has 1 aliphatic rings.